The highest BCUT2D eigenvalue weighted by Gasteiger charge is 2.31. The Morgan fingerprint density at radius 2 is 1.71 bits per heavy atom. The summed E-state index contributed by atoms with van der Waals surface area (Å²) in [5, 5.41) is 10.6. The zero-order valence-corrected chi connectivity index (χ0v) is 18.6. The van der Waals surface area contributed by atoms with Gasteiger partial charge in [-0.1, -0.05) is 6.92 Å². The number of pyridine rings is 1. The highest BCUT2D eigenvalue weighted by molar-refractivity contribution is 5.96. The lowest BCUT2D eigenvalue weighted by Gasteiger charge is -2.38. The van der Waals surface area contributed by atoms with Crippen LogP contribution in [0.2, 0.25) is 0 Å². The number of nitrogens with zero attached hydrogens (tertiary/aromatic N) is 4. The molecule has 0 spiro atoms. The monoisotopic (exact) mass is 422 g/mol. The molecule has 0 radical (unpaired) electrons. The predicted molar refractivity (Wildman–Crippen MR) is 119 cm³/mol. The molecule has 1 aromatic heterocycles. The molecule has 2 saturated heterocycles. The van der Waals surface area contributed by atoms with E-state index in [1.807, 2.05) is 12.1 Å². The van der Waals surface area contributed by atoms with Crippen LogP contribution in [-0.2, 0) is 4.79 Å². The van der Waals surface area contributed by atoms with Crippen LogP contribution in [0.3, 0.4) is 0 Å². The van der Waals surface area contributed by atoms with Crippen molar-refractivity contribution >= 4 is 22.5 Å². The first-order valence-corrected chi connectivity index (χ1v) is 11.0. The Bertz CT molecular complexity index is 1000. The molecule has 0 unspecified atom stereocenters. The third-order valence-corrected chi connectivity index (χ3v) is 6.72. The molecule has 7 nitrogen and oxygen atoms in total. The zero-order valence-electron chi connectivity index (χ0n) is 18.6. The number of piperidine rings is 2. The summed E-state index contributed by atoms with van der Waals surface area (Å²) in [6, 6.07) is 6.02. The van der Waals surface area contributed by atoms with E-state index in [2.05, 4.69) is 27.8 Å². The highest BCUT2D eigenvalue weighted by Crippen LogP contribution is 2.38. The number of hydrogen-bond donors (Lipinski definition) is 0. The number of fused-ring (bicyclic) bond motifs is 1. The molecule has 4 rings (SSSR count). The van der Waals surface area contributed by atoms with Gasteiger partial charge in [-0.05, 0) is 37.7 Å². The van der Waals surface area contributed by atoms with E-state index in [1.54, 1.807) is 20.4 Å². The summed E-state index contributed by atoms with van der Waals surface area (Å²) in [5.41, 5.74) is 2.16. The standard InChI is InChI=1S/C24H30N4O3/c1-16-4-8-28(9-5-16)24(29)17-6-10-27(11-7-17)23-18(14-25)15-26-20-13-22(31-3)21(30-2)12-19(20)23/h12-13,15-17H,4-11H2,1-3H3. The smallest absolute Gasteiger partial charge is 0.225 e. The van der Waals surface area contributed by atoms with E-state index in [0.29, 0.717) is 28.9 Å². The van der Waals surface area contributed by atoms with Gasteiger partial charge in [0.05, 0.1) is 31.0 Å². The number of rotatable bonds is 4. The number of methoxy groups -OCH3 is 2. The van der Waals surface area contributed by atoms with Gasteiger partial charge < -0.3 is 19.3 Å². The topological polar surface area (TPSA) is 78.7 Å². The quantitative estimate of drug-likeness (QED) is 0.749. The molecule has 1 aromatic carbocycles. The molecule has 3 heterocycles. The molecule has 31 heavy (non-hydrogen) atoms. The van der Waals surface area contributed by atoms with Gasteiger partial charge in [-0.2, -0.15) is 5.26 Å². The Morgan fingerprint density at radius 3 is 2.32 bits per heavy atom. The van der Waals surface area contributed by atoms with Gasteiger partial charge in [0.25, 0.3) is 0 Å². The van der Waals surface area contributed by atoms with Crippen LogP contribution in [0, 0.1) is 23.2 Å². The summed E-state index contributed by atoms with van der Waals surface area (Å²) in [6.45, 7) is 5.51. The van der Waals surface area contributed by atoms with Gasteiger partial charge in [-0.3, -0.25) is 9.78 Å². The van der Waals surface area contributed by atoms with Crippen molar-refractivity contribution in [2.45, 2.75) is 32.6 Å². The second kappa shape index (κ2) is 9.01. The van der Waals surface area contributed by atoms with Crippen molar-refractivity contribution in [3.8, 4) is 17.6 Å². The van der Waals surface area contributed by atoms with Crippen LogP contribution in [0.25, 0.3) is 10.9 Å². The molecular weight excluding hydrogens is 392 g/mol. The molecule has 2 fully saturated rings. The SMILES string of the molecule is COc1cc2ncc(C#N)c(N3CCC(C(=O)N4CCC(C)CC4)CC3)c2cc1OC. The number of hydrogen-bond acceptors (Lipinski definition) is 6. The normalized spacial score (nSPS) is 18.1. The van der Waals surface area contributed by atoms with E-state index in [0.717, 1.165) is 68.5 Å². The van der Waals surface area contributed by atoms with E-state index in [-0.39, 0.29) is 5.92 Å². The summed E-state index contributed by atoms with van der Waals surface area (Å²) in [4.78, 5) is 21.7. The maximum Gasteiger partial charge on any atom is 0.225 e. The van der Waals surface area contributed by atoms with E-state index < -0.39 is 0 Å². The lowest BCUT2D eigenvalue weighted by Crippen LogP contribution is -2.45. The maximum atomic E-state index is 13.0. The molecule has 2 aromatic rings. The van der Waals surface area contributed by atoms with E-state index in [9.17, 15) is 10.1 Å². The fourth-order valence-corrected chi connectivity index (χ4v) is 4.76. The number of carbonyl (C=O) groups is 1. The van der Waals surface area contributed by atoms with Gasteiger partial charge in [-0.25, -0.2) is 0 Å². The number of amides is 1. The Labute approximate surface area is 183 Å². The van der Waals surface area contributed by atoms with Crippen molar-refractivity contribution in [3.63, 3.8) is 0 Å². The number of nitriles is 1. The first kappa shape index (κ1) is 21.2. The zero-order chi connectivity index (χ0) is 22.0. The van der Waals surface area contributed by atoms with Crippen molar-refractivity contribution in [1.82, 2.24) is 9.88 Å². The largest absolute Gasteiger partial charge is 0.493 e. The van der Waals surface area contributed by atoms with Crippen LogP contribution in [0.1, 0.15) is 38.2 Å². The molecule has 2 aliphatic heterocycles. The van der Waals surface area contributed by atoms with Crippen LogP contribution >= 0.6 is 0 Å². The fourth-order valence-electron chi connectivity index (χ4n) is 4.76. The van der Waals surface area contributed by atoms with Crippen molar-refractivity contribution in [1.29, 1.82) is 5.26 Å². The minimum Gasteiger partial charge on any atom is -0.493 e. The minimum absolute atomic E-state index is 0.0675. The second-order valence-electron chi connectivity index (χ2n) is 8.63. The molecule has 1 amide bonds. The Balaban J connectivity index is 1.57. The predicted octanol–water partition coefficient (Wildman–Crippen LogP) is 3.60. The number of benzene rings is 1. The average Bonchev–Trinajstić information content (AvgIpc) is 2.82. The van der Waals surface area contributed by atoms with Gasteiger partial charge in [0.15, 0.2) is 11.5 Å². The molecule has 0 atom stereocenters. The lowest BCUT2D eigenvalue weighted by atomic mass is 9.92. The molecule has 0 N–H and O–H groups in total. The number of ether oxygens (including phenoxy) is 2. The number of aromatic nitrogens is 1. The Kier molecular flexibility index (Phi) is 6.17. The van der Waals surface area contributed by atoms with Gasteiger partial charge in [0, 0.05) is 49.7 Å². The first-order valence-electron chi connectivity index (χ1n) is 11.0. The first-order chi connectivity index (χ1) is 15.0. The molecule has 0 aliphatic carbocycles. The van der Waals surface area contributed by atoms with Crippen LogP contribution in [0.4, 0.5) is 5.69 Å². The highest BCUT2D eigenvalue weighted by atomic mass is 16.5. The Hall–Kier alpha value is -3.01. The molecule has 7 heteroatoms. The van der Waals surface area contributed by atoms with Crippen molar-refractivity contribution in [3.05, 3.63) is 23.9 Å². The van der Waals surface area contributed by atoms with E-state index in [1.165, 1.54) is 0 Å². The van der Waals surface area contributed by atoms with E-state index >= 15 is 0 Å². The Morgan fingerprint density at radius 1 is 1.06 bits per heavy atom. The van der Waals surface area contributed by atoms with E-state index in [4.69, 9.17) is 9.47 Å². The minimum atomic E-state index is 0.0675. The number of anilines is 1. The molecule has 164 valence electrons. The average molecular weight is 423 g/mol. The summed E-state index contributed by atoms with van der Waals surface area (Å²) >= 11 is 0. The summed E-state index contributed by atoms with van der Waals surface area (Å²) in [6.07, 6.45) is 5.42. The summed E-state index contributed by atoms with van der Waals surface area (Å²) in [5.74, 6) is 2.30. The fraction of sp³-hybridized carbons (Fsp3) is 0.542. The van der Waals surface area contributed by atoms with Gasteiger partial charge in [0.2, 0.25) is 5.91 Å². The number of likely N-dealkylation sites (tertiary alicyclic amines) is 1. The molecule has 0 saturated carbocycles. The van der Waals surface area contributed by atoms with Gasteiger partial charge in [-0.15, -0.1) is 0 Å². The van der Waals surface area contributed by atoms with Crippen LogP contribution in [-0.4, -0.2) is 56.2 Å². The maximum absolute atomic E-state index is 13.0. The van der Waals surface area contributed by atoms with Crippen LogP contribution < -0.4 is 14.4 Å². The third-order valence-electron chi connectivity index (χ3n) is 6.72. The van der Waals surface area contributed by atoms with Crippen LogP contribution in [0.15, 0.2) is 18.3 Å². The van der Waals surface area contributed by atoms with Crippen molar-refractivity contribution in [2.24, 2.45) is 11.8 Å². The lowest BCUT2D eigenvalue weighted by molar-refractivity contribution is -0.137. The summed E-state index contributed by atoms with van der Waals surface area (Å²) in [7, 11) is 3.20. The molecular formula is C24H30N4O3. The van der Waals surface area contributed by atoms with Gasteiger partial charge >= 0.3 is 0 Å². The van der Waals surface area contributed by atoms with Gasteiger partial charge in [0.1, 0.15) is 6.07 Å². The molecule has 2 aliphatic rings. The van der Waals surface area contributed by atoms with Crippen molar-refractivity contribution < 1.29 is 14.3 Å². The second-order valence-corrected chi connectivity index (χ2v) is 8.63. The molecule has 0 bridgehead atoms. The third kappa shape index (κ3) is 4.12. The number of carbonyl (C=O) groups excluding carboxylic acids is 1. The summed E-state index contributed by atoms with van der Waals surface area (Å²) < 4.78 is 10.9. The van der Waals surface area contributed by atoms with Crippen LogP contribution in [0.5, 0.6) is 11.5 Å². The van der Waals surface area contributed by atoms with Crippen molar-refractivity contribution in [2.75, 3.05) is 45.3 Å².